The molecule has 0 aliphatic carbocycles. The van der Waals surface area contributed by atoms with Crippen LogP contribution in [0.3, 0.4) is 0 Å². The molecule has 5 aromatic rings. The molecule has 0 aliphatic rings. The summed E-state index contributed by atoms with van der Waals surface area (Å²) in [7, 11) is 1.68. The zero-order valence-corrected chi connectivity index (χ0v) is 17.8. The van der Waals surface area contributed by atoms with Crippen molar-refractivity contribution in [3.63, 3.8) is 0 Å². The normalized spacial score (nSPS) is 11.3. The predicted octanol–water partition coefficient (Wildman–Crippen LogP) is 6.49. The lowest BCUT2D eigenvalue weighted by molar-refractivity contribution is 0.415. The third kappa shape index (κ3) is 4.03. The lowest BCUT2D eigenvalue weighted by Gasteiger charge is -2.09. The number of ether oxygens (including phenoxy) is 1. The highest BCUT2D eigenvalue weighted by molar-refractivity contribution is 5.82. The highest BCUT2D eigenvalue weighted by Crippen LogP contribution is 2.29. The van der Waals surface area contributed by atoms with E-state index in [4.69, 9.17) is 9.72 Å². The molecule has 32 heavy (non-hydrogen) atoms. The van der Waals surface area contributed by atoms with Crippen LogP contribution in [0.25, 0.3) is 39.8 Å². The number of hydrogen-bond donors (Lipinski definition) is 0. The Hall–Kier alpha value is -4.18. The molecule has 2 aromatic heterocycles. The summed E-state index contributed by atoms with van der Waals surface area (Å²) in [6.07, 6.45) is 6.19. The van der Waals surface area contributed by atoms with E-state index in [1.807, 2.05) is 60.8 Å². The molecule has 0 aliphatic heterocycles. The molecule has 3 aromatic carbocycles. The van der Waals surface area contributed by atoms with E-state index in [0.717, 1.165) is 39.4 Å². The van der Waals surface area contributed by atoms with Crippen LogP contribution >= 0.6 is 0 Å². The number of methoxy groups -OCH3 is 1. The summed E-state index contributed by atoms with van der Waals surface area (Å²) in [6, 6.07) is 30.8. The van der Waals surface area contributed by atoms with Crippen LogP contribution < -0.4 is 4.74 Å². The van der Waals surface area contributed by atoms with Gasteiger partial charge in [0.2, 0.25) is 0 Å². The van der Waals surface area contributed by atoms with Crippen molar-refractivity contribution in [1.82, 2.24) is 14.5 Å². The average molecular weight is 418 g/mol. The first-order valence-electron chi connectivity index (χ1n) is 10.6. The van der Waals surface area contributed by atoms with E-state index >= 15 is 0 Å². The van der Waals surface area contributed by atoms with E-state index < -0.39 is 0 Å². The van der Waals surface area contributed by atoms with Crippen LogP contribution in [0.2, 0.25) is 0 Å². The molecular weight excluding hydrogens is 394 g/mol. The molecule has 4 heteroatoms. The maximum atomic E-state index is 5.44. The van der Waals surface area contributed by atoms with Crippen LogP contribution in [0.1, 0.15) is 5.56 Å². The van der Waals surface area contributed by atoms with Gasteiger partial charge in [0, 0.05) is 23.9 Å². The monoisotopic (exact) mass is 417 g/mol. The van der Waals surface area contributed by atoms with Gasteiger partial charge in [-0.2, -0.15) is 0 Å². The first kappa shape index (κ1) is 19.8. The Kier molecular flexibility index (Phi) is 5.50. The minimum absolute atomic E-state index is 0.678. The van der Waals surface area contributed by atoms with E-state index in [9.17, 15) is 0 Å². The van der Waals surface area contributed by atoms with Gasteiger partial charge in [-0.25, -0.2) is 9.97 Å². The number of fused-ring (bicyclic) bond motifs is 1. The third-order valence-corrected chi connectivity index (χ3v) is 5.44. The summed E-state index contributed by atoms with van der Waals surface area (Å²) in [5.41, 5.74) is 6.11. The second-order valence-electron chi connectivity index (χ2n) is 7.52. The van der Waals surface area contributed by atoms with Crippen molar-refractivity contribution in [1.29, 1.82) is 0 Å². The molecule has 5 rings (SSSR count). The second-order valence-corrected chi connectivity index (χ2v) is 7.52. The molecule has 4 nitrogen and oxygen atoms in total. The standard InChI is InChI=1S/C28H23N3O/c1-32-25-16-8-15-23(18-25)28-30-27-26(19-24(20-29-27)22-13-6-3-7-14-22)31(28)17-9-12-21-10-4-2-5-11-21/h2-16,18-20H,17H2,1H3. The number of rotatable bonds is 6. The van der Waals surface area contributed by atoms with Crippen molar-refractivity contribution in [2.75, 3.05) is 7.11 Å². The zero-order chi connectivity index (χ0) is 21.8. The van der Waals surface area contributed by atoms with Crippen LogP contribution in [0.15, 0.2) is 103 Å². The van der Waals surface area contributed by atoms with Crippen LogP contribution in [-0.4, -0.2) is 21.6 Å². The molecule has 2 heterocycles. The van der Waals surface area contributed by atoms with Crippen molar-refractivity contribution < 1.29 is 4.74 Å². The van der Waals surface area contributed by atoms with Gasteiger partial charge in [-0.15, -0.1) is 0 Å². The van der Waals surface area contributed by atoms with Gasteiger partial charge in [-0.05, 0) is 29.3 Å². The van der Waals surface area contributed by atoms with Crippen molar-refractivity contribution in [3.8, 4) is 28.3 Å². The molecule has 0 unspecified atom stereocenters. The fraction of sp³-hybridized carbons (Fsp3) is 0.0714. The van der Waals surface area contributed by atoms with Crippen molar-refractivity contribution in [2.45, 2.75) is 6.54 Å². The van der Waals surface area contributed by atoms with Gasteiger partial charge in [0.25, 0.3) is 0 Å². The van der Waals surface area contributed by atoms with E-state index in [1.165, 1.54) is 5.56 Å². The van der Waals surface area contributed by atoms with Crippen LogP contribution in [0.4, 0.5) is 0 Å². The van der Waals surface area contributed by atoms with Crippen molar-refractivity contribution >= 4 is 17.2 Å². The van der Waals surface area contributed by atoms with Crippen LogP contribution in [0.5, 0.6) is 5.75 Å². The minimum Gasteiger partial charge on any atom is -0.497 e. The number of imidazole rings is 1. The molecule has 0 atom stereocenters. The molecule has 0 saturated heterocycles. The minimum atomic E-state index is 0.678. The lowest BCUT2D eigenvalue weighted by atomic mass is 10.1. The Labute approximate surface area is 187 Å². The highest BCUT2D eigenvalue weighted by Gasteiger charge is 2.14. The average Bonchev–Trinajstić information content (AvgIpc) is 3.23. The first-order chi connectivity index (χ1) is 15.8. The molecule has 0 amide bonds. The number of benzene rings is 3. The van der Waals surface area contributed by atoms with Gasteiger partial charge >= 0.3 is 0 Å². The third-order valence-electron chi connectivity index (χ3n) is 5.44. The second kappa shape index (κ2) is 8.90. The van der Waals surface area contributed by atoms with E-state index in [1.54, 1.807) is 7.11 Å². The largest absolute Gasteiger partial charge is 0.497 e. The molecule has 0 radical (unpaired) electrons. The van der Waals surface area contributed by atoms with Gasteiger partial charge in [-0.3, -0.25) is 0 Å². The maximum Gasteiger partial charge on any atom is 0.178 e. The lowest BCUT2D eigenvalue weighted by Crippen LogP contribution is -1.99. The van der Waals surface area contributed by atoms with Gasteiger partial charge in [0.15, 0.2) is 5.65 Å². The number of aromatic nitrogens is 3. The van der Waals surface area contributed by atoms with Crippen molar-refractivity contribution in [2.24, 2.45) is 0 Å². The fourth-order valence-corrected chi connectivity index (χ4v) is 3.82. The van der Waals surface area contributed by atoms with Gasteiger partial charge in [0.05, 0.1) is 12.6 Å². The molecule has 0 saturated carbocycles. The number of allylic oxidation sites excluding steroid dienone is 1. The Morgan fingerprint density at radius 1 is 0.812 bits per heavy atom. The molecular formula is C28H23N3O. The summed E-state index contributed by atoms with van der Waals surface area (Å²) in [5.74, 6) is 1.67. The number of nitrogens with zero attached hydrogens (tertiary/aromatic N) is 3. The Balaban J connectivity index is 1.62. The fourth-order valence-electron chi connectivity index (χ4n) is 3.82. The SMILES string of the molecule is COc1cccc(-c2nc3ncc(-c4ccccc4)cc3n2CC=Cc2ccccc2)c1. The van der Waals surface area contributed by atoms with Crippen molar-refractivity contribution in [3.05, 3.63) is 109 Å². The Morgan fingerprint density at radius 3 is 2.34 bits per heavy atom. The number of pyridine rings is 1. The maximum absolute atomic E-state index is 5.44. The predicted molar refractivity (Wildman–Crippen MR) is 130 cm³/mol. The van der Waals surface area contributed by atoms with E-state index in [2.05, 4.69) is 58.1 Å². The molecule has 0 spiro atoms. The Bertz CT molecular complexity index is 1370. The summed E-state index contributed by atoms with van der Waals surface area (Å²) >= 11 is 0. The Morgan fingerprint density at radius 2 is 1.56 bits per heavy atom. The van der Waals surface area contributed by atoms with E-state index in [0.29, 0.717) is 6.54 Å². The first-order valence-corrected chi connectivity index (χ1v) is 10.6. The molecule has 156 valence electrons. The van der Waals surface area contributed by atoms with Gasteiger partial charge < -0.3 is 9.30 Å². The molecule has 0 bridgehead atoms. The quantitative estimate of drug-likeness (QED) is 0.317. The summed E-state index contributed by atoms with van der Waals surface area (Å²) in [6.45, 7) is 0.678. The summed E-state index contributed by atoms with van der Waals surface area (Å²) in [5, 5.41) is 0. The molecule has 0 N–H and O–H groups in total. The smallest absolute Gasteiger partial charge is 0.178 e. The molecule has 0 fully saturated rings. The highest BCUT2D eigenvalue weighted by atomic mass is 16.5. The van der Waals surface area contributed by atoms with E-state index in [-0.39, 0.29) is 0 Å². The van der Waals surface area contributed by atoms with Gasteiger partial charge in [0.1, 0.15) is 11.6 Å². The number of hydrogen-bond acceptors (Lipinski definition) is 3. The zero-order valence-electron chi connectivity index (χ0n) is 17.8. The van der Waals surface area contributed by atoms with Crippen LogP contribution in [-0.2, 0) is 6.54 Å². The summed E-state index contributed by atoms with van der Waals surface area (Å²) < 4.78 is 7.65. The van der Waals surface area contributed by atoms with Gasteiger partial charge in [-0.1, -0.05) is 84.9 Å². The topological polar surface area (TPSA) is 39.9 Å². The van der Waals surface area contributed by atoms with Crippen LogP contribution in [0, 0.1) is 0 Å². The summed E-state index contributed by atoms with van der Waals surface area (Å²) in [4.78, 5) is 9.57.